The zero-order valence-electron chi connectivity index (χ0n) is 17.4. The van der Waals surface area contributed by atoms with Gasteiger partial charge >= 0.3 is 6.09 Å². The number of thiazole rings is 1. The predicted octanol–water partition coefficient (Wildman–Crippen LogP) is 4.71. The Hall–Kier alpha value is -2.61. The lowest BCUT2D eigenvalue weighted by Gasteiger charge is -2.20. The van der Waals surface area contributed by atoms with Crippen molar-refractivity contribution >= 4 is 49.2 Å². The van der Waals surface area contributed by atoms with Crippen molar-refractivity contribution in [1.82, 2.24) is 9.88 Å². The lowest BCUT2D eigenvalue weighted by molar-refractivity contribution is 0.195. The number of likely N-dealkylation sites (tertiary alicyclic amines) is 1. The molecule has 180 valence electrons. The van der Waals surface area contributed by atoms with Crippen LogP contribution < -0.4 is 9.04 Å². The van der Waals surface area contributed by atoms with Crippen molar-refractivity contribution in [1.29, 1.82) is 0 Å². The largest absolute Gasteiger partial charge is 0.488 e. The summed E-state index contributed by atoms with van der Waals surface area (Å²) < 4.78 is 61.0. The number of benzene rings is 2. The molecule has 3 aromatic rings. The minimum Gasteiger partial charge on any atom is -0.488 e. The molecule has 1 aliphatic rings. The van der Waals surface area contributed by atoms with Crippen molar-refractivity contribution in [3.8, 4) is 5.75 Å². The van der Waals surface area contributed by atoms with E-state index in [1.54, 1.807) is 0 Å². The molecule has 1 N–H and O–H groups in total. The second kappa shape index (κ2) is 9.94. The summed E-state index contributed by atoms with van der Waals surface area (Å²) in [4.78, 5) is 16.0. The number of hydrogen-bond donors (Lipinski definition) is 1. The first kappa shape index (κ1) is 24.5. The predicted molar refractivity (Wildman–Crippen MR) is 125 cm³/mol. The van der Waals surface area contributed by atoms with Gasteiger partial charge in [-0.1, -0.05) is 30.3 Å². The van der Waals surface area contributed by atoms with Crippen molar-refractivity contribution in [2.75, 3.05) is 17.4 Å². The molecule has 2 heterocycles. The number of hydrogen-bond acceptors (Lipinski definition) is 7. The Morgan fingerprint density at radius 2 is 2.06 bits per heavy atom. The van der Waals surface area contributed by atoms with Crippen LogP contribution in [0.25, 0.3) is 0 Å². The number of ether oxygens (including phenoxy) is 1. The quantitative estimate of drug-likeness (QED) is 0.408. The summed E-state index contributed by atoms with van der Waals surface area (Å²) in [5, 5.41) is 10.5. The van der Waals surface area contributed by atoms with Crippen LogP contribution in [0.5, 0.6) is 5.75 Å². The maximum Gasteiger partial charge on any atom is 0.427 e. The van der Waals surface area contributed by atoms with E-state index in [1.165, 1.54) is 5.51 Å². The first-order valence-corrected chi connectivity index (χ1v) is 13.1. The van der Waals surface area contributed by atoms with Crippen LogP contribution in [0.4, 0.5) is 19.4 Å². The molecule has 0 spiro atoms. The highest BCUT2D eigenvalue weighted by Crippen LogP contribution is 2.37. The maximum absolute atomic E-state index is 15.1. The van der Waals surface area contributed by atoms with Crippen LogP contribution >= 0.6 is 27.3 Å². The Morgan fingerprint density at radius 1 is 1.32 bits per heavy atom. The van der Waals surface area contributed by atoms with Crippen LogP contribution in [0, 0.1) is 11.6 Å². The summed E-state index contributed by atoms with van der Waals surface area (Å²) in [6.45, 7) is 1.93. The molecule has 0 unspecified atom stereocenters. The molecule has 1 amide bonds. The van der Waals surface area contributed by atoms with E-state index in [4.69, 9.17) is 4.74 Å². The molecule has 1 aromatic heterocycles. The first-order valence-electron chi connectivity index (χ1n) is 9.95. The first-order chi connectivity index (χ1) is 16.2. The SMILES string of the molecule is O=C(O)N(c1cscn1)S(=O)(=O)c1c(F)cc(O[C@H]2CCN(Cc3ccccc3)C2)c(Br)c1F. The highest BCUT2D eigenvalue weighted by Gasteiger charge is 2.39. The summed E-state index contributed by atoms with van der Waals surface area (Å²) in [7, 11) is -5.16. The van der Waals surface area contributed by atoms with Gasteiger partial charge in [-0.2, -0.15) is 0 Å². The third-order valence-corrected chi connectivity index (χ3v) is 8.18. The summed E-state index contributed by atoms with van der Waals surface area (Å²) in [5.41, 5.74) is 2.32. The number of sulfonamides is 1. The monoisotopic (exact) mass is 573 g/mol. The molecule has 1 aliphatic heterocycles. The van der Waals surface area contributed by atoms with Gasteiger partial charge in [-0.15, -0.1) is 15.6 Å². The lowest BCUT2D eigenvalue weighted by Crippen LogP contribution is -2.37. The molecule has 1 saturated heterocycles. The average Bonchev–Trinajstić information content (AvgIpc) is 3.44. The number of anilines is 1. The van der Waals surface area contributed by atoms with Crippen LogP contribution in [0.15, 0.2) is 56.7 Å². The van der Waals surface area contributed by atoms with E-state index >= 15 is 4.39 Å². The van der Waals surface area contributed by atoms with E-state index in [9.17, 15) is 22.7 Å². The summed E-state index contributed by atoms with van der Waals surface area (Å²) in [6, 6.07) is 10.5. The maximum atomic E-state index is 15.1. The fourth-order valence-corrected chi connectivity index (χ4v) is 6.15. The number of nitrogens with zero attached hydrogens (tertiary/aromatic N) is 3. The molecule has 34 heavy (non-hydrogen) atoms. The van der Waals surface area contributed by atoms with Crippen molar-refractivity contribution in [2.24, 2.45) is 0 Å². The number of carbonyl (C=O) groups is 1. The second-order valence-corrected chi connectivity index (χ2v) is 10.7. The Morgan fingerprint density at radius 3 is 2.71 bits per heavy atom. The van der Waals surface area contributed by atoms with Crippen LogP contribution in [0.2, 0.25) is 0 Å². The number of aromatic nitrogens is 1. The van der Waals surface area contributed by atoms with Gasteiger partial charge in [0.15, 0.2) is 22.3 Å². The van der Waals surface area contributed by atoms with Crippen molar-refractivity contribution in [3.63, 3.8) is 0 Å². The molecule has 4 rings (SSSR count). The molecule has 0 aliphatic carbocycles. The highest BCUT2D eigenvalue weighted by molar-refractivity contribution is 9.10. The molecule has 0 saturated carbocycles. The van der Waals surface area contributed by atoms with E-state index in [-0.39, 0.29) is 16.2 Å². The normalized spacial score (nSPS) is 16.5. The van der Waals surface area contributed by atoms with Gasteiger partial charge in [0, 0.05) is 31.1 Å². The van der Waals surface area contributed by atoms with Gasteiger partial charge in [0.05, 0.1) is 9.98 Å². The summed E-state index contributed by atoms with van der Waals surface area (Å²) in [5.74, 6) is -3.67. The Bertz CT molecular complexity index is 1290. The highest BCUT2D eigenvalue weighted by atomic mass is 79.9. The van der Waals surface area contributed by atoms with Gasteiger partial charge in [-0.05, 0) is 27.9 Å². The van der Waals surface area contributed by atoms with Gasteiger partial charge in [0.1, 0.15) is 11.9 Å². The number of carboxylic acid groups (broad SMARTS) is 1. The van der Waals surface area contributed by atoms with Crippen LogP contribution in [0.1, 0.15) is 12.0 Å². The smallest absolute Gasteiger partial charge is 0.427 e. The van der Waals surface area contributed by atoms with E-state index in [2.05, 4.69) is 25.8 Å². The third-order valence-electron chi connectivity index (χ3n) is 5.15. The van der Waals surface area contributed by atoms with E-state index < -0.39 is 42.9 Å². The number of halogens is 3. The second-order valence-electron chi connectivity index (χ2n) is 7.46. The Kier molecular flexibility index (Phi) is 7.17. The minimum atomic E-state index is -5.16. The van der Waals surface area contributed by atoms with Crippen molar-refractivity contribution in [2.45, 2.75) is 24.0 Å². The fraction of sp³-hybridized carbons (Fsp3) is 0.238. The fourth-order valence-electron chi connectivity index (χ4n) is 3.66. The Balaban J connectivity index is 1.56. The topological polar surface area (TPSA) is 100 Å². The molecule has 2 aromatic carbocycles. The van der Waals surface area contributed by atoms with Crippen molar-refractivity contribution < 1.29 is 31.8 Å². The molecule has 0 radical (unpaired) electrons. The Labute approximate surface area is 206 Å². The summed E-state index contributed by atoms with van der Waals surface area (Å²) >= 11 is 3.87. The van der Waals surface area contributed by atoms with Crippen LogP contribution in [0.3, 0.4) is 0 Å². The number of rotatable bonds is 7. The standard InChI is InChI=1S/C21H18BrF2N3O5S2/c22-18-16(32-14-6-7-26(10-14)9-13-4-2-1-3-5-13)8-15(23)20(19(18)24)34(30,31)27(21(28)29)17-11-33-12-25-17/h1-5,8,11-12,14H,6-7,9-10H2,(H,28,29)/t14-/m0/s1. The molecular weight excluding hydrogens is 556 g/mol. The molecular formula is C21H18BrF2N3O5S2. The van der Waals surface area contributed by atoms with E-state index in [0.717, 1.165) is 34.9 Å². The lowest BCUT2D eigenvalue weighted by atomic mass is 10.2. The summed E-state index contributed by atoms with van der Waals surface area (Å²) in [6.07, 6.45) is -1.71. The van der Waals surface area contributed by atoms with Gasteiger partial charge < -0.3 is 9.84 Å². The molecule has 1 fully saturated rings. The van der Waals surface area contributed by atoms with Crippen molar-refractivity contribution in [3.05, 3.63) is 69.0 Å². The van der Waals surface area contributed by atoms with Gasteiger partial charge in [-0.25, -0.2) is 27.0 Å². The number of amides is 1. The van der Waals surface area contributed by atoms with Gasteiger partial charge in [0.2, 0.25) is 0 Å². The molecule has 8 nitrogen and oxygen atoms in total. The zero-order chi connectivity index (χ0) is 24.5. The van der Waals surface area contributed by atoms with Crippen LogP contribution in [-0.4, -0.2) is 48.7 Å². The average molecular weight is 574 g/mol. The molecule has 13 heteroatoms. The van der Waals surface area contributed by atoms with E-state index in [1.807, 2.05) is 30.3 Å². The van der Waals surface area contributed by atoms with Gasteiger partial charge in [-0.3, -0.25) is 4.90 Å². The minimum absolute atomic E-state index is 0.170. The van der Waals surface area contributed by atoms with Gasteiger partial charge in [0.25, 0.3) is 10.0 Å². The van der Waals surface area contributed by atoms with E-state index in [0.29, 0.717) is 19.5 Å². The molecule has 0 bridgehead atoms. The molecule has 1 atom stereocenters. The van der Waals surface area contributed by atoms with Crippen LogP contribution in [-0.2, 0) is 16.6 Å². The zero-order valence-corrected chi connectivity index (χ0v) is 20.6. The third kappa shape index (κ3) is 4.92.